The molecule has 1 aromatic heterocycles. The first-order chi connectivity index (χ1) is 5.13. The van der Waals surface area contributed by atoms with Crippen molar-refractivity contribution in [3.8, 4) is 0 Å². The molecule has 0 saturated carbocycles. The topological polar surface area (TPSA) is 53.0 Å². The first-order valence-electron chi connectivity index (χ1n) is 2.64. The fraction of sp³-hybridized carbons (Fsp3) is 0. The van der Waals surface area contributed by atoms with Crippen molar-refractivity contribution in [2.24, 2.45) is 0 Å². The number of hydrogen-bond donors (Lipinski definition) is 0. The van der Waals surface area contributed by atoms with Gasteiger partial charge in [-0.05, 0) is 6.07 Å². The van der Waals surface area contributed by atoms with Crippen molar-refractivity contribution in [1.82, 2.24) is 4.98 Å². The third kappa shape index (κ3) is 2.03. The summed E-state index contributed by atoms with van der Waals surface area (Å²) in [4.78, 5) is 13.1. The average molecular weight is 165 g/mol. The SMILES string of the molecule is O=C([O-])c1nccc(F)c1F.[Li+]. The quantitative estimate of drug-likeness (QED) is 0.410. The number of rotatable bonds is 1. The maximum Gasteiger partial charge on any atom is 1.00 e. The van der Waals surface area contributed by atoms with Crippen molar-refractivity contribution in [3.63, 3.8) is 0 Å². The molecule has 0 aliphatic rings. The van der Waals surface area contributed by atoms with Crippen LogP contribution in [0.5, 0.6) is 0 Å². The number of aromatic nitrogens is 1. The fourth-order valence-electron chi connectivity index (χ4n) is 0.563. The van der Waals surface area contributed by atoms with Crippen molar-refractivity contribution in [3.05, 3.63) is 29.6 Å². The van der Waals surface area contributed by atoms with Crippen molar-refractivity contribution in [1.29, 1.82) is 0 Å². The van der Waals surface area contributed by atoms with Gasteiger partial charge < -0.3 is 9.90 Å². The fourth-order valence-corrected chi connectivity index (χ4v) is 0.563. The Kier molecular flexibility index (Phi) is 3.87. The van der Waals surface area contributed by atoms with E-state index in [1.54, 1.807) is 0 Å². The monoisotopic (exact) mass is 165 g/mol. The summed E-state index contributed by atoms with van der Waals surface area (Å²) in [7, 11) is 0. The van der Waals surface area contributed by atoms with E-state index < -0.39 is 23.3 Å². The number of carboxylic acids is 1. The largest absolute Gasteiger partial charge is 1.00 e. The first kappa shape index (κ1) is 11.1. The van der Waals surface area contributed by atoms with Gasteiger partial charge in [0.1, 0.15) is 5.69 Å². The second kappa shape index (κ2) is 4.19. The van der Waals surface area contributed by atoms with Gasteiger partial charge in [-0.1, -0.05) is 0 Å². The van der Waals surface area contributed by atoms with E-state index in [2.05, 4.69) is 4.98 Å². The van der Waals surface area contributed by atoms with Crippen molar-refractivity contribution < 1.29 is 37.5 Å². The van der Waals surface area contributed by atoms with Crippen molar-refractivity contribution in [2.75, 3.05) is 0 Å². The molecule has 0 fully saturated rings. The summed E-state index contributed by atoms with van der Waals surface area (Å²) in [6, 6.07) is 0.724. The molecule has 0 spiro atoms. The minimum atomic E-state index is -1.83. The predicted molar refractivity (Wildman–Crippen MR) is 28.5 cm³/mol. The second-order valence-electron chi connectivity index (χ2n) is 1.74. The molecule has 0 unspecified atom stereocenters. The molecule has 1 heterocycles. The van der Waals surface area contributed by atoms with Gasteiger partial charge in [-0.2, -0.15) is 0 Å². The number of hydrogen-bond acceptors (Lipinski definition) is 3. The molecule has 0 saturated heterocycles. The maximum atomic E-state index is 12.4. The van der Waals surface area contributed by atoms with E-state index in [1.165, 1.54) is 0 Å². The maximum absolute atomic E-state index is 12.4. The average Bonchev–Trinajstić information content (AvgIpc) is 1.94. The zero-order chi connectivity index (χ0) is 8.43. The summed E-state index contributed by atoms with van der Waals surface area (Å²) in [6.45, 7) is 0. The Morgan fingerprint density at radius 3 is 2.50 bits per heavy atom. The molecule has 0 aliphatic heterocycles. The van der Waals surface area contributed by atoms with Crippen LogP contribution in [-0.4, -0.2) is 11.0 Å². The van der Waals surface area contributed by atoms with E-state index in [9.17, 15) is 18.7 Å². The van der Waals surface area contributed by atoms with Gasteiger partial charge in [0.05, 0.1) is 5.97 Å². The smallest absolute Gasteiger partial charge is 0.543 e. The molecular formula is C6H2F2LiNO2. The molecular weight excluding hydrogens is 163 g/mol. The molecule has 3 nitrogen and oxygen atoms in total. The van der Waals surface area contributed by atoms with Gasteiger partial charge in [-0.15, -0.1) is 0 Å². The van der Waals surface area contributed by atoms with E-state index >= 15 is 0 Å². The predicted octanol–water partition coefficient (Wildman–Crippen LogP) is -3.27. The number of pyridine rings is 1. The Hall–Kier alpha value is -0.923. The van der Waals surface area contributed by atoms with Crippen LogP contribution in [0.1, 0.15) is 10.5 Å². The number of carbonyl (C=O) groups is 1. The van der Waals surface area contributed by atoms with Crippen LogP contribution in [0.25, 0.3) is 0 Å². The molecule has 0 aliphatic carbocycles. The molecule has 0 aromatic carbocycles. The Balaban J connectivity index is 0.00000121. The molecule has 0 bridgehead atoms. The summed E-state index contributed by atoms with van der Waals surface area (Å²) in [6.07, 6.45) is 0.851. The summed E-state index contributed by atoms with van der Waals surface area (Å²) < 4.78 is 24.6. The van der Waals surface area contributed by atoms with E-state index in [1.807, 2.05) is 0 Å². The summed E-state index contributed by atoms with van der Waals surface area (Å²) in [5, 5.41) is 9.99. The molecule has 1 aromatic rings. The minimum absolute atomic E-state index is 0. The molecule has 0 N–H and O–H groups in total. The van der Waals surface area contributed by atoms with Crippen molar-refractivity contribution in [2.45, 2.75) is 0 Å². The van der Waals surface area contributed by atoms with Gasteiger partial charge in [-0.3, -0.25) is 4.98 Å². The van der Waals surface area contributed by atoms with E-state index in [0.29, 0.717) is 0 Å². The summed E-state index contributed by atoms with van der Waals surface area (Å²) in [5.41, 5.74) is -1.01. The second-order valence-corrected chi connectivity index (χ2v) is 1.74. The van der Waals surface area contributed by atoms with Crippen LogP contribution in [0.4, 0.5) is 8.78 Å². The zero-order valence-corrected chi connectivity index (χ0v) is 6.17. The van der Waals surface area contributed by atoms with Crippen molar-refractivity contribution >= 4 is 5.97 Å². The molecule has 0 amide bonds. The van der Waals surface area contributed by atoms with E-state index in [0.717, 1.165) is 12.3 Å². The number of carboxylic acid groups (broad SMARTS) is 1. The van der Waals surface area contributed by atoms with E-state index in [-0.39, 0.29) is 18.9 Å². The van der Waals surface area contributed by atoms with Gasteiger partial charge in [-0.25, -0.2) is 8.78 Å². The minimum Gasteiger partial charge on any atom is -0.543 e. The molecule has 6 heteroatoms. The number of nitrogens with zero attached hydrogens (tertiary/aromatic N) is 1. The summed E-state index contributed by atoms with van der Waals surface area (Å²) >= 11 is 0. The van der Waals surface area contributed by atoms with Gasteiger partial charge in [0.2, 0.25) is 0 Å². The molecule has 0 atom stereocenters. The third-order valence-corrected chi connectivity index (χ3v) is 1.04. The Morgan fingerprint density at radius 1 is 1.50 bits per heavy atom. The molecule has 0 radical (unpaired) electrons. The third-order valence-electron chi connectivity index (χ3n) is 1.04. The molecule has 58 valence electrons. The number of carbonyl (C=O) groups excluding carboxylic acids is 1. The van der Waals surface area contributed by atoms with Crippen LogP contribution >= 0.6 is 0 Å². The van der Waals surface area contributed by atoms with Gasteiger partial charge in [0, 0.05) is 6.20 Å². The van der Waals surface area contributed by atoms with Crippen LogP contribution in [0.2, 0.25) is 0 Å². The van der Waals surface area contributed by atoms with Gasteiger partial charge in [0.25, 0.3) is 0 Å². The van der Waals surface area contributed by atoms with Crippen LogP contribution in [-0.2, 0) is 0 Å². The van der Waals surface area contributed by atoms with Gasteiger partial charge >= 0.3 is 18.9 Å². The standard InChI is InChI=1S/C6H3F2NO2.Li/c7-3-1-2-9-5(4(3)8)6(10)11;/h1-2H,(H,10,11);/q;+1/p-1. The van der Waals surface area contributed by atoms with Crippen LogP contribution in [0, 0.1) is 11.6 Å². The van der Waals surface area contributed by atoms with Crippen LogP contribution in [0.3, 0.4) is 0 Å². The van der Waals surface area contributed by atoms with Crippen LogP contribution in [0.15, 0.2) is 12.3 Å². The number of halogens is 2. The molecule has 12 heavy (non-hydrogen) atoms. The summed E-state index contributed by atoms with van der Waals surface area (Å²) in [5.74, 6) is -4.58. The molecule has 1 rings (SSSR count). The zero-order valence-electron chi connectivity index (χ0n) is 6.17. The Bertz CT molecular complexity index is 306. The normalized spacial score (nSPS) is 8.83. The Morgan fingerprint density at radius 2 is 2.08 bits per heavy atom. The van der Waals surface area contributed by atoms with E-state index in [4.69, 9.17) is 0 Å². The van der Waals surface area contributed by atoms with Crippen LogP contribution < -0.4 is 24.0 Å². The Labute approximate surface area is 78.6 Å². The van der Waals surface area contributed by atoms with Gasteiger partial charge in [0.15, 0.2) is 11.6 Å². The first-order valence-corrected chi connectivity index (χ1v) is 2.64. The number of aromatic carboxylic acids is 1.